The third-order valence-electron chi connectivity index (χ3n) is 4.64. The molecule has 1 fully saturated rings. The molecule has 0 bridgehead atoms. The standard InChI is InChI=1S/C19H18BrN3/c20-16-6-7-18-17(12-16)19(22-13-21-18)23-10-8-15(9-11-23)14-4-2-1-3-5-14/h1-7,12-13,15H,8-11H2. The molecule has 0 N–H and O–H groups in total. The van der Waals surface area contributed by atoms with Gasteiger partial charge in [-0.1, -0.05) is 46.3 Å². The van der Waals surface area contributed by atoms with E-state index in [1.807, 2.05) is 12.1 Å². The van der Waals surface area contributed by atoms with Crippen molar-refractivity contribution < 1.29 is 0 Å². The SMILES string of the molecule is Brc1ccc2ncnc(N3CCC(c4ccccc4)CC3)c2c1. The molecule has 0 saturated carbocycles. The van der Waals surface area contributed by atoms with E-state index in [4.69, 9.17) is 0 Å². The highest BCUT2D eigenvalue weighted by Crippen LogP contribution is 2.32. The van der Waals surface area contributed by atoms with Crippen molar-refractivity contribution in [3.05, 3.63) is 64.9 Å². The van der Waals surface area contributed by atoms with Crippen LogP contribution in [-0.2, 0) is 0 Å². The van der Waals surface area contributed by atoms with Crippen LogP contribution in [-0.4, -0.2) is 23.1 Å². The Morgan fingerprint density at radius 2 is 1.74 bits per heavy atom. The van der Waals surface area contributed by atoms with Crippen LogP contribution in [0.25, 0.3) is 10.9 Å². The average molecular weight is 368 g/mol. The monoisotopic (exact) mass is 367 g/mol. The molecule has 23 heavy (non-hydrogen) atoms. The van der Waals surface area contributed by atoms with Gasteiger partial charge in [-0.15, -0.1) is 0 Å². The van der Waals surface area contributed by atoms with Crippen LogP contribution < -0.4 is 4.90 Å². The number of rotatable bonds is 2. The summed E-state index contributed by atoms with van der Waals surface area (Å²) in [5, 5.41) is 1.13. The van der Waals surface area contributed by atoms with E-state index >= 15 is 0 Å². The lowest BCUT2D eigenvalue weighted by Crippen LogP contribution is -2.33. The Hall–Kier alpha value is -1.94. The van der Waals surface area contributed by atoms with Gasteiger partial charge in [-0.2, -0.15) is 0 Å². The lowest BCUT2D eigenvalue weighted by atomic mass is 9.89. The van der Waals surface area contributed by atoms with Crippen LogP contribution in [0.4, 0.5) is 5.82 Å². The summed E-state index contributed by atoms with van der Waals surface area (Å²) in [5.41, 5.74) is 2.46. The highest BCUT2D eigenvalue weighted by molar-refractivity contribution is 9.10. The molecular formula is C19H18BrN3. The van der Waals surface area contributed by atoms with E-state index in [-0.39, 0.29) is 0 Å². The molecule has 2 heterocycles. The van der Waals surface area contributed by atoms with Crippen LogP contribution in [0.1, 0.15) is 24.3 Å². The second kappa shape index (κ2) is 6.28. The minimum Gasteiger partial charge on any atom is -0.356 e. The van der Waals surface area contributed by atoms with Gasteiger partial charge in [0, 0.05) is 22.9 Å². The highest BCUT2D eigenvalue weighted by Gasteiger charge is 2.22. The first-order valence-corrected chi connectivity index (χ1v) is 8.81. The van der Waals surface area contributed by atoms with Crippen molar-refractivity contribution in [1.82, 2.24) is 9.97 Å². The van der Waals surface area contributed by atoms with E-state index in [0.717, 1.165) is 34.3 Å². The Kier molecular flexibility index (Phi) is 4.00. The zero-order chi connectivity index (χ0) is 15.6. The Balaban J connectivity index is 1.58. The van der Waals surface area contributed by atoms with Gasteiger partial charge < -0.3 is 4.90 Å². The Labute approximate surface area is 144 Å². The molecule has 1 aliphatic heterocycles. The molecule has 0 amide bonds. The fourth-order valence-corrected chi connectivity index (χ4v) is 3.78. The molecule has 1 aromatic heterocycles. The largest absolute Gasteiger partial charge is 0.356 e. The van der Waals surface area contributed by atoms with E-state index < -0.39 is 0 Å². The van der Waals surface area contributed by atoms with Gasteiger partial charge in [-0.3, -0.25) is 0 Å². The smallest absolute Gasteiger partial charge is 0.139 e. The summed E-state index contributed by atoms with van der Waals surface area (Å²) in [6.45, 7) is 2.08. The summed E-state index contributed by atoms with van der Waals surface area (Å²) in [4.78, 5) is 11.3. The second-order valence-corrected chi connectivity index (χ2v) is 6.95. The lowest BCUT2D eigenvalue weighted by Gasteiger charge is -2.33. The summed E-state index contributed by atoms with van der Waals surface area (Å²) >= 11 is 3.56. The van der Waals surface area contributed by atoms with Gasteiger partial charge in [0.2, 0.25) is 0 Å². The van der Waals surface area contributed by atoms with E-state index in [2.05, 4.69) is 67.2 Å². The molecule has 0 atom stereocenters. The highest BCUT2D eigenvalue weighted by atomic mass is 79.9. The van der Waals surface area contributed by atoms with Gasteiger partial charge >= 0.3 is 0 Å². The van der Waals surface area contributed by atoms with Crippen LogP contribution in [0.5, 0.6) is 0 Å². The van der Waals surface area contributed by atoms with Gasteiger partial charge in [0.05, 0.1) is 5.52 Å². The predicted octanol–water partition coefficient (Wildman–Crippen LogP) is 4.78. The summed E-state index contributed by atoms with van der Waals surface area (Å²) in [6.07, 6.45) is 4.02. The number of halogens is 1. The van der Waals surface area contributed by atoms with Crippen LogP contribution in [0, 0.1) is 0 Å². The number of hydrogen-bond donors (Lipinski definition) is 0. The first kappa shape index (κ1) is 14.6. The third kappa shape index (κ3) is 2.95. The van der Waals surface area contributed by atoms with Crippen LogP contribution in [0.15, 0.2) is 59.3 Å². The van der Waals surface area contributed by atoms with E-state index in [1.54, 1.807) is 6.33 Å². The van der Waals surface area contributed by atoms with Crippen molar-refractivity contribution in [1.29, 1.82) is 0 Å². The maximum absolute atomic E-state index is 4.56. The number of aromatic nitrogens is 2. The van der Waals surface area contributed by atoms with Gasteiger partial charge in [0.1, 0.15) is 12.1 Å². The first-order chi connectivity index (χ1) is 11.3. The number of nitrogens with zero attached hydrogens (tertiary/aromatic N) is 3. The number of hydrogen-bond acceptors (Lipinski definition) is 3. The van der Waals surface area contributed by atoms with Gasteiger partial charge in [-0.25, -0.2) is 9.97 Å². The van der Waals surface area contributed by atoms with Crippen molar-refractivity contribution >= 4 is 32.7 Å². The van der Waals surface area contributed by atoms with E-state index in [0.29, 0.717) is 5.92 Å². The number of benzene rings is 2. The molecule has 4 rings (SSSR count). The van der Waals surface area contributed by atoms with E-state index in [1.165, 1.54) is 18.4 Å². The molecule has 1 aliphatic rings. The van der Waals surface area contributed by atoms with Crippen molar-refractivity contribution in [2.24, 2.45) is 0 Å². The molecule has 1 saturated heterocycles. The zero-order valence-electron chi connectivity index (χ0n) is 12.8. The molecule has 0 radical (unpaired) electrons. The zero-order valence-corrected chi connectivity index (χ0v) is 14.4. The van der Waals surface area contributed by atoms with Crippen molar-refractivity contribution in [3.63, 3.8) is 0 Å². The molecule has 0 spiro atoms. The maximum atomic E-state index is 4.56. The van der Waals surface area contributed by atoms with Crippen molar-refractivity contribution in [2.45, 2.75) is 18.8 Å². The molecule has 116 valence electrons. The fourth-order valence-electron chi connectivity index (χ4n) is 3.42. The molecule has 0 unspecified atom stereocenters. The molecule has 3 nitrogen and oxygen atoms in total. The van der Waals surface area contributed by atoms with E-state index in [9.17, 15) is 0 Å². The number of fused-ring (bicyclic) bond motifs is 1. The normalized spacial score (nSPS) is 16.0. The third-order valence-corrected chi connectivity index (χ3v) is 5.14. The lowest BCUT2D eigenvalue weighted by molar-refractivity contribution is 0.503. The predicted molar refractivity (Wildman–Crippen MR) is 97.9 cm³/mol. The van der Waals surface area contributed by atoms with Crippen molar-refractivity contribution in [2.75, 3.05) is 18.0 Å². The van der Waals surface area contributed by atoms with Crippen LogP contribution in [0.2, 0.25) is 0 Å². The van der Waals surface area contributed by atoms with Crippen molar-refractivity contribution in [3.8, 4) is 0 Å². The topological polar surface area (TPSA) is 29.0 Å². The summed E-state index contributed by atoms with van der Waals surface area (Å²) in [5.74, 6) is 1.72. The molecule has 0 aliphatic carbocycles. The Morgan fingerprint density at radius 1 is 0.957 bits per heavy atom. The number of piperidine rings is 1. The Morgan fingerprint density at radius 3 is 2.52 bits per heavy atom. The molecular weight excluding hydrogens is 350 g/mol. The number of anilines is 1. The minimum absolute atomic E-state index is 0.660. The fraction of sp³-hybridized carbons (Fsp3) is 0.263. The first-order valence-electron chi connectivity index (χ1n) is 8.01. The summed E-state index contributed by atoms with van der Waals surface area (Å²) < 4.78 is 1.07. The van der Waals surface area contributed by atoms with Gasteiger partial charge in [0.25, 0.3) is 0 Å². The summed E-state index contributed by atoms with van der Waals surface area (Å²) in [7, 11) is 0. The second-order valence-electron chi connectivity index (χ2n) is 6.03. The average Bonchev–Trinajstić information content (AvgIpc) is 2.62. The molecule has 2 aromatic carbocycles. The summed E-state index contributed by atoms with van der Waals surface area (Å²) in [6, 6.07) is 17.0. The Bertz CT molecular complexity index is 811. The van der Waals surface area contributed by atoms with Crippen LogP contribution >= 0.6 is 15.9 Å². The van der Waals surface area contributed by atoms with Crippen LogP contribution in [0.3, 0.4) is 0 Å². The van der Waals surface area contributed by atoms with Gasteiger partial charge in [-0.05, 0) is 42.5 Å². The van der Waals surface area contributed by atoms with Gasteiger partial charge in [0.15, 0.2) is 0 Å². The quantitative estimate of drug-likeness (QED) is 0.652. The molecule has 4 heteroatoms. The maximum Gasteiger partial charge on any atom is 0.139 e. The minimum atomic E-state index is 0.660. The molecule has 3 aromatic rings.